The zero-order chi connectivity index (χ0) is 22.7. The van der Waals surface area contributed by atoms with Crippen LogP contribution in [0.1, 0.15) is 35.2 Å². The van der Waals surface area contributed by atoms with Gasteiger partial charge in [0.15, 0.2) is 5.17 Å². The molecule has 2 saturated heterocycles. The number of amides is 2. The van der Waals surface area contributed by atoms with Crippen LogP contribution in [0.2, 0.25) is 10.0 Å². The number of likely N-dealkylation sites (tertiary alicyclic amines) is 1. The summed E-state index contributed by atoms with van der Waals surface area (Å²) in [6.07, 6.45) is 2.25. The third-order valence-corrected chi connectivity index (χ3v) is 7.58. The fourth-order valence-corrected chi connectivity index (χ4v) is 5.21. The molecule has 2 aliphatic heterocycles. The quantitative estimate of drug-likeness (QED) is 0.546. The van der Waals surface area contributed by atoms with E-state index in [0.717, 1.165) is 28.6 Å². The van der Waals surface area contributed by atoms with Crippen molar-refractivity contribution in [2.75, 3.05) is 25.4 Å². The fraction of sp³-hybridized carbons (Fsp3) is 0.375. The molecule has 0 aliphatic carbocycles. The molecule has 168 valence electrons. The minimum absolute atomic E-state index is 0.0143. The smallest absolute Gasteiger partial charge is 0.253 e. The Morgan fingerprint density at radius 3 is 2.44 bits per heavy atom. The number of thioether (sulfide) groups is 1. The Hall–Kier alpha value is -2.02. The summed E-state index contributed by atoms with van der Waals surface area (Å²) in [6, 6.07) is 12.6. The molecule has 0 saturated carbocycles. The number of benzene rings is 2. The molecule has 0 atom stereocenters. The summed E-state index contributed by atoms with van der Waals surface area (Å²) in [5.41, 5.74) is 2.38. The van der Waals surface area contributed by atoms with Crippen LogP contribution in [0.25, 0.3) is 0 Å². The van der Waals surface area contributed by atoms with E-state index in [-0.39, 0.29) is 17.7 Å². The topological polar surface area (TPSA) is 53.0 Å². The second kappa shape index (κ2) is 10.3. The van der Waals surface area contributed by atoms with Gasteiger partial charge in [-0.25, -0.2) is 4.99 Å². The summed E-state index contributed by atoms with van der Waals surface area (Å²) < 4.78 is 0. The zero-order valence-corrected chi connectivity index (χ0v) is 20.2. The molecular formula is C24H25Cl2N3O2S. The number of aryl methyl sites for hydroxylation is 1. The molecule has 0 bridgehead atoms. The van der Waals surface area contributed by atoms with Crippen molar-refractivity contribution in [2.45, 2.75) is 26.2 Å². The molecule has 5 nitrogen and oxygen atoms in total. The van der Waals surface area contributed by atoms with Gasteiger partial charge in [0.25, 0.3) is 5.91 Å². The summed E-state index contributed by atoms with van der Waals surface area (Å²) >= 11 is 13.8. The lowest BCUT2D eigenvalue weighted by Gasteiger charge is -2.35. The Balaban J connectivity index is 1.42. The molecule has 0 unspecified atom stereocenters. The van der Waals surface area contributed by atoms with Gasteiger partial charge in [-0.05, 0) is 68.1 Å². The molecule has 2 fully saturated rings. The minimum atomic E-state index is -0.102. The predicted octanol–water partition coefficient (Wildman–Crippen LogP) is 5.81. The van der Waals surface area contributed by atoms with E-state index in [1.807, 2.05) is 34.9 Å². The molecule has 2 aliphatic rings. The predicted molar refractivity (Wildman–Crippen MR) is 132 cm³/mol. The zero-order valence-electron chi connectivity index (χ0n) is 17.9. The largest absolute Gasteiger partial charge is 0.339 e. The number of hydrogen-bond acceptors (Lipinski definition) is 4. The number of carbonyl (C=O) groups is 2. The third-order valence-electron chi connectivity index (χ3n) is 5.86. The second-order valence-corrected chi connectivity index (χ2v) is 10.00. The fourth-order valence-electron chi connectivity index (χ4n) is 3.94. The molecular weight excluding hydrogens is 465 g/mol. The lowest BCUT2D eigenvalue weighted by atomic mass is 9.94. The van der Waals surface area contributed by atoms with E-state index >= 15 is 0 Å². The highest BCUT2D eigenvalue weighted by molar-refractivity contribution is 8.13. The number of hydrogen-bond donors (Lipinski definition) is 0. The van der Waals surface area contributed by atoms with Crippen LogP contribution in [0.3, 0.4) is 0 Å². The molecule has 2 amide bonds. The van der Waals surface area contributed by atoms with Gasteiger partial charge in [0.05, 0.1) is 5.69 Å². The molecule has 4 rings (SSSR count). The van der Waals surface area contributed by atoms with Gasteiger partial charge in [-0.2, -0.15) is 0 Å². The first kappa shape index (κ1) is 23.1. The highest BCUT2D eigenvalue weighted by Crippen LogP contribution is 2.29. The van der Waals surface area contributed by atoms with E-state index in [1.54, 1.807) is 36.0 Å². The van der Waals surface area contributed by atoms with Crippen LogP contribution in [0.5, 0.6) is 0 Å². The second-order valence-electron chi connectivity index (χ2n) is 8.09. The van der Waals surface area contributed by atoms with Crippen molar-refractivity contribution in [3.63, 3.8) is 0 Å². The van der Waals surface area contributed by atoms with Crippen molar-refractivity contribution in [3.8, 4) is 0 Å². The van der Waals surface area contributed by atoms with Gasteiger partial charge < -0.3 is 4.90 Å². The maximum atomic E-state index is 13.3. The van der Waals surface area contributed by atoms with Crippen molar-refractivity contribution in [1.29, 1.82) is 0 Å². The number of rotatable bonds is 3. The van der Waals surface area contributed by atoms with E-state index in [2.05, 4.69) is 0 Å². The summed E-state index contributed by atoms with van der Waals surface area (Å²) in [5, 5.41) is 2.01. The van der Waals surface area contributed by atoms with Crippen LogP contribution in [0.4, 0.5) is 5.69 Å². The summed E-state index contributed by atoms with van der Waals surface area (Å²) in [7, 11) is 0. The Morgan fingerprint density at radius 2 is 1.75 bits per heavy atom. The number of aliphatic imine (C=N–C) groups is 1. The van der Waals surface area contributed by atoms with Gasteiger partial charge >= 0.3 is 0 Å². The van der Waals surface area contributed by atoms with Crippen LogP contribution in [0, 0.1) is 12.8 Å². The lowest BCUT2D eigenvalue weighted by molar-refractivity contribution is -0.132. The number of nitrogens with zero attached hydrogens (tertiary/aromatic N) is 3. The van der Waals surface area contributed by atoms with Crippen molar-refractivity contribution in [3.05, 3.63) is 63.6 Å². The summed E-state index contributed by atoms with van der Waals surface area (Å²) in [6.45, 7) is 3.76. The first-order valence-corrected chi connectivity index (χ1v) is 12.5. The molecule has 0 aromatic heterocycles. The number of amidine groups is 1. The first-order valence-electron chi connectivity index (χ1n) is 10.8. The molecule has 0 radical (unpaired) electrons. The molecule has 0 spiro atoms. The first-order chi connectivity index (χ1) is 15.4. The number of carbonyl (C=O) groups excluding carboxylic acids is 2. The van der Waals surface area contributed by atoms with E-state index < -0.39 is 0 Å². The van der Waals surface area contributed by atoms with Crippen molar-refractivity contribution in [2.24, 2.45) is 10.9 Å². The average Bonchev–Trinajstić information content (AvgIpc) is 2.81. The average molecular weight is 490 g/mol. The maximum Gasteiger partial charge on any atom is 0.253 e. The van der Waals surface area contributed by atoms with Gasteiger partial charge in [-0.3, -0.25) is 14.5 Å². The van der Waals surface area contributed by atoms with Crippen LogP contribution in [0.15, 0.2) is 47.5 Å². The highest BCUT2D eigenvalue weighted by Gasteiger charge is 2.33. The van der Waals surface area contributed by atoms with Gasteiger partial charge in [0.1, 0.15) is 0 Å². The number of piperidine rings is 1. The van der Waals surface area contributed by atoms with E-state index in [9.17, 15) is 9.59 Å². The molecule has 2 heterocycles. The van der Waals surface area contributed by atoms with E-state index in [1.165, 1.54) is 0 Å². The summed E-state index contributed by atoms with van der Waals surface area (Å²) in [4.78, 5) is 34.5. The molecule has 2 aromatic rings. The monoisotopic (exact) mass is 489 g/mol. The van der Waals surface area contributed by atoms with E-state index in [0.29, 0.717) is 48.1 Å². The standard InChI is InChI=1S/C24H25Cl2N3O2S/c1-16-3-8-20(15-21(16)26)27-24-29(11-2-14-32-24)23(31)18-9-12-28(13-10-18)22(30)17-4-6-19(25)7-5-17/h3-8,15,18H,2,9-14H2,1H3. The molecule has 0 N–H and O–H groups in total. The Labute approximate surface area is 202 Å². The van der Waals surface area contributed by atoms with Gasteiger partial charge in [-0.15, -0.1) is 0 Å². The SMILES string of the molecule is Cc1ccc(N=C2SCCCN2C(=O)C2CCN(C(=O)c3ccc(Cl)cc3)CC2)cc1Cl. The lowest BCUT2D eigenvalue weighted by Crippen LogP contribution is -2.47. The van der Waals surface area contributed by atoms with Gasteiger partial charge in [0, 0.05) is 46.9 Å². The van der Waals surface area contributed by atoms with Crippen LogP contribution >= 0.6 is 35.0 Å². The van der Waals surface area contributed by atoms with Crippen molar-refractivity contribution < 1.29 is 9.59 Å². The number of halogens is 2. The van der Waals surface area contributed by atoms with Crippen LogP contribution < -0.4 is 0 Å². The van der Waals surface area contributed by atoms with Crippen LogP contribution in [-0.2, 0) is 4.79 Å². The summed E-state index contributed by atoms with van der Waals surface area (Å²) in [5.74, 6) is 0.929. The molecule has 2 aromatic carbocycles. The highest BCUT2D eigenvalue weighted by atomic mass is 35.5. The van der Waals surface area contributed by atoms with Crippen LogP contribution in [-0.4, -0.2) is 52.2 Å². The maximum absolute atomic E-state index is 13.3. The normalized spacial score (nSPS) is 18.8. The van der Waals surface area contributed by atoms with E-state index in [4.69, 9.17) is 28.2 Å². The Bertz CT molecular complexity index is 1030. The van der Waals surface area contributed by atoms with Gasteiger partial charge in [-0.1, -0.05) is 41.0 Å². The Kier molecular flexibility index (Phi) is 7.44. The van der Waals surface area contributed by atoms with Gasteiger partial charge in [0.2, 0.25) is 5.91 Å². The third kappa shape index (κ3) is 5.30. The van der Waals surface area contributed by atoms with Crippen molar-refractivity contribution in [1.82, 2.24) is 9.80 Å². The Morgan fingerprint density at radius 1 is 1.03 bits per heavy atom. The molecule has 32 heavy (non-hydrogen) atoms. The van der Waals surface area contributed by atoms with Crippen molar-refractivity contribution >= 4 is 57.6 Å². The minimum Gasteiger partial charge on any atom is -0.339 e. The molecule has 8 heteroatoms.